The normalized spacial score (nSPS) is 22.1. The smallest absolute Gasteiger partial charge is 0.354 e. The summed E-state index contributed by atoms with van der Waals surface area (Å²) in [5.41, 5.74) is 0.0986. The Morgan fingerprint density at radius 2 is 2.00 bits per heavy atom. The van der Waals surface area contributed by atoms with E-state index in [2.05, 4.69) is 14.8 Å². The fourth-order valence-electron chi connectivity index (χ4n) is 3.97. The van der Waals surface area contributed by atoms with Crippen LogP contribution in [0.3, 0.4) is 0 Å². The van der Waals surface area contributed by atoms with E-state index in [1.165, 1.54) is 12.5 Å². The van der Waals surface area contributed by atoms with Crippen LogP contribution >= 0.6 is 0 Å². The number of nitrogens with zero attached hydrogens (tertiary/aromatic N) is 4. The van der Waals surface area contributed by atoms with E-state index in [-0.39, 0.29) is 11.6 Å². The summed E-state index contributed by atoms with van der Waals surface area (Å²) in [5.74, 6) is 0.483. The van der Waals surface area contributed by atoms with Crippen molar-refractivity contribution in [1.29, 1.82) is 0 Å². The minimum absolute atomic E-state index is 0.0986. The number of carboxylic acid groups (broad SMARTS) is 1. The summed E-state index contributed by atoms with van der Waals surface area (Å²) < 4.78 is 0. The Bertz CT molecular complexity index is 651. The van der Waals surface area contributed by atoms with Gasteiger partial charge in [-0.15, -0.1) is 0 Å². The average molecular weight is 360 g/mol. The average Bonchev–Trinajstić information content (AvgIpc) is 2.88. The van der Waals surface area contributed by atoms with Crippen molar-refractivity contribution in [2.75, 3.05) is 50.7 Å². The maximum absolute atomic E-state index is 11.6. The van der Waals surface area contributed by atoms with Crippen LogP contribution in [0.15, 0.2) is 18.2 Å². The predicted molar refractivity (Wildman–Crippen MR) is 99.4 cm³/mol. The Kier molecular flexibility index (Phi) is 6.08. The van der Waals surface area contributed by atoms with Crippen molar-refractivity contribution < 1.29 is 14.7 Å². The number of carbonyl (C=O) groups excluding carboxylic acids is 1. The number of carbonyl (C=O) groups is 2. The number of rotatable bonds is 4. The zero-order valence-corrected chi connectivity index (χ0v) is 15.4. The molecule has 2 saturated heterocycles. The second-order valence-corrected chi connectivity index (χ2v) is 7.30. The van der Waals surface area contributed by atoms with Crippen molar-refractivity contribution in [2.45, 2.75) is 26.2 Å². The monoisotopic (exact) mass is 360 g/mol. The van der Waals surface area contributed by atoms with Crippen molar-refractivity contribution >= 4 is 17.7 Å². The van der Waals surface area contributed by atoms with Gasteiger partial charge in [-0.1, -0.05) is 6.07 Å². The summed E-state index contributed by atoms with van der Waals surface area (Å²) in [4.78, 5) is 33.6. The first-order valence-corrected chi connectivity index (χ1v) is 9.46. The third-order valence-corrected chi connectivity index (χ3v) is 5.35. The maximum atomic E-state index is 11.6. The van der Waals surface area contributed by atoms with Gasteiger partial charge in [-0.2, -0.15) is 0 Å². The van der Waals surface area contributed by atoms with Crippen LogP contribution in [-0.2, 0) is 4.79 Å². The molecule has 1 aromatic rings. The number of aromatic nitrogens is 1. The van der Waals surface area contributed by atoms with Gasteiger partial charge >= 0.3 is 5.97 Å². The van der Waals surface area contributed by atoms with E-state index in [1.807, 2.05) is 11.0 Å². The van der Waals surface area contributed by atoms with E-state index < -0.39 is 5.97 Å². The van der Waals surface area contributed by atoms with E-state index in [4.69, 9.17) is 5.11 Å². The summed E-state index contributed by atoms with van der Waals surface area (Å²) in [7, 11) is 0. The largest absolute Gasteiger partial charge is 0.477 e. The lowest BCUT2D eigenvalue weighted by molar-refractivity contribution is -0.128. The third-order valence-electron chi connectivity index (χ3n) is 5.35. The number of aromatic carboxylic acids is 1. The van der Waals surface area contributed by atoms with Crippen LogP contribution in [0.2, 0.25) is 0 Å². The topological polar surface area (TPSA) is 77.0 Å². The molecule has 2 aliphatic rings. The minimum Gasteiger partial charge on any atom is -0.477 e. The number of amides is 1. The summed E-state index contributed by atoms with van der Waals surface area (Å²) in [5, 5.41) is 9.15. The van der Waals surface area contributed by atoms with Crippen LogP contribution in [0.4, 0.5) is 5.82 Å². The Balaban J connectivity index is 1.58. The molecule has 3 heterocycles. The lowest BCUT2D eigenvalue weighted by Crippen LogP contribution is -2.42. The lowest BCUT2D eigenvalue weighted by atomic mass is 9.97. The highest BCUT2D eigenvalue weighted by Gasteiger charge is 2.25. The van der Waals surface area contributed by atoms with Gasteiger partial charge in [0.25, 0.3) is 0 Å². The third kappa shape index (κ3) is 4.72. The molecule has 1 aromatic heterocycles. The molecule has 0 radical (unpaired) electrons. The molecule has 1 N–H and O–H groups in total. The molecule has 26 heavy (non-hydrogen) atoms. The highest BCUT2D eigenvalue weighted by atomic mass is 16.4. The van der Waals surface area contributed by atoms with Crippen molar-refractivity contribution in [1.82, 2.24) is 14.8 Å². The molecule has 0 saturated carbocycles. The zero-order valence-electron chi connectivity index (χ0n) is 15.4. The van der Waals surface area contributed by atoms with Crippen molar-refractivity contribution in [3.8, 4) is 0 Å². The molecule has 0 aromatic carbocycles. The van der Waals surface area contributed by atoms with Gasteiger partial charge in [0.15, 0.2) is 5.69 Å². The highest BCUT2D eigenvalue weighted by Crippen LogP contribution is 2.23. The number of carboxylic acids is 1. The predicted octanol–water partition coefficient (Wildman–Crippen LogP) is 1.55. The Hall–Kier alpha value is -2.15. The first kappa shape index (κ1) is 18.6. The van der Waals surface area contributed by atoms with Crippen LogP contribution in [0.25, 0.3) is 0 Å². The van der Waals surface area contributed by atoms with Crippen molar-refractivity contribution in [3.05, 3.63) is 23.9 Å². The van der Waals surface area contributed by atoms with Crippen LogP contribution in [0, 0.1) is 5.92 Å². The molecule has 3 rings (SSSR count). The van der Waals surface area contributed by atoms with Gasteiger partial charge in [0.1, 0.15) is 5.82 Å². The van der Waals surface area contributed by atoms with Gasteiger partial charge in [-0.05, 0) is 43.9 Å². The van der Waals surface area contributed by atoms with Gasteiger partial charge in [0.05, 0.1) is 0 Å². The number of anilines is 1. The lowest BCUT2D eigenvalue weighted by Gasteiger charge is -2.36. The van der Waals surface area contributed by atoms with E-state index >= 15 is 0 Å². The first-order chi connectivity index (χ1) is 12.5. The molecular formula is C19H28N4O3. The van der Waals surface area contributed by atoms with Gasteiger partial charge in [-0.25, -0.2) is 9.78 Å². The Morgan fingerprint density at radius 3 is 2.77 bits per heavy atom. The van der Waals surface area contributed by atoms with E-state index in [0.29, 0.717) is 5.92 Å². The molecule has 0 bridgehead atoms. The maximum Gasteiger partial charge on any atom is 0.354 e. The molecular weight excluding hydrogens is 332 g/mol. The van der Waals surface area contributed by atoms with E-state index in [0.717, 1.165) is 64.5 Å². The molecule has 7 heteroatoms. The molecule has 1 unspecified atom stereocenters. The first-order valence-electron chi connectivity index (χ1n) is 9.46. The molecule has 142 valence electrons. The van der Waals surface area contributed by atoms with Gasteiger partial charge in [-0.3, -0.25) is 4.79 Å². The molecule has 2 aliphatic heterocycles. The SMILES string of the molecule is CC(=O)N1CCCN(CC2CCCN(c3cccc(C(=O)O)n3)C2)CC1. The van der Waals surface area contributed by atoms with E-state index in [1.54, 1.807) is 13.0 Å². The summed E-state index contributed by atoms with van der Waals surface area (Å²) >= 11 is 0. The summed E-state index contributed by atoms with van der Waals surface area (Å²) in [6.45, 7) is 8.14. The molecule has 7 nitrogen and oxygen atoms in total. The van der Waals surface area contributed by atoms with Crippen LogP contribution in [-0.4, -0.2) is 77.6 Å². The van der Waals surface area contributed by atoms with Gasteiger partial charge in [0.2, 0.25) is 5.91 Å². The van der Waals surface area contributed by atoms with Crippen molar-refractivity contribution in [2.24, 2.45) is 5.92 Å². The van der Waals surface area contributed by atoms with Crippen LogP contribution in [0.5, 0.6) is 0 Å². The quantitative estimate of drug-likeness (QED) is 0.878. The molecule has 0 spiro atoms. The van der Waals surface area contributed by atoms with Crippen LogP contribution < -0.4 is 4.90 Å². The number of hydrogen-bond acceptors (Lipinski definition) is 5. The summed E-state index contributed by atoms with van der Waals surface area (Å²) in [6, 6.07) is 5.19. The minimum atomic E-state index is -0.986. The molecule has 0 aliphatic carbocycles. The summed E-state index contributed by atoms with van der Waals surface area (Å²) in [6.07, 6.45) is 3.30. The second-order valence-electron chi connectivity index (χ2n) is 7.30. The zero-order chi connectivity index (χ0) is 18.5. The standard InChI is InChI=1S/C19H28N4O3/c1-15(24)22-10-4-8-21(11-12-22)13-16-5-3-9-23(14-16)18-7-2-6-17(20-18)19(25)26/h2,6-7,16H,3-5,8-14H2,1H3,(H,25,26). The number of piperidine rings is 1. The van der Waals surface area contributed by atoms with Gasteiger partial charge < -0.3 is 19.8 Å². The molecule has 2 fully saturated rings. The number of hydrogen-bond donors (Lipinski definition) is 1. The highest BCUT2D eigenvalue weighted by molar-refractivity contribution is 5.85. The second kappa shape index (κ2) is 8.49. The molecule has 1 atom stereocenters. The number of pyridine rings is 1. The fourth-order valence-corrected chi connectivity index (χ4v) is 3.97. The Labute approximate surface area is 154 Å². The molecule has 1 amide bonds. The van der Waals surface area contributed by atoms with Crippen molar-refractivity contribution in [3.63, 3.8) is 0 Å². The van der Waals surface area contributed by atoms with Crippen LogP contribution in [0.1, 0.15) is 36.7 Å². The van der Waals surface area contributed by atoms with Gasteiger partial charge in [0, 0.05) is 46.2 Å². The van der Waals surface area contributed by atoms with E-state index in [9.17, 15) is 9.59 Å². The Morgan fingerprint density at radius 1 is 1.15 bits per heavy atom. The fraction of sp³-hybridized carbons (Fsp3) is 0.632.